The van der Waals surface area contributed by atoms with Crippen LogP contribution in [-0.4, -0.2) is 54.6 Å². The van der Waals surface area contributed by atoms with Crippen LogP contribution < -0.4 is 10.1 Å². The molecule has 0 saturated heterocycles. The Morgan fingerprint density at radius 1 is 1.17 bits per heavy atom. The average molecular weight is 348 g/mol. The molecule has 0 aliphatic heterocycles. The van der Waals surface area contributed by atoms with Crippen LogP contribution >= 0.6 is 11.6 Å². The third kappa shape index (κ3) is 13.5. The van der Waals surface area contributed by atoms with Gasteiger partial charge in [-0.15, -0.1) is 0 Å². The highest BCUT2D eigenvalue weighted by atomic mass is 35.5. The van der Waals surface area contributed by atoms with E-state index >= 15 is 0 Å². The number of ether oxygens (including phenoxy) is 2. The minimum Gasteiger partial charge on any atom is -0.491 e. The van der Waals surface area contributed by atoms with Crippen molar-refractivity contribution in [1.82, 2.24) is 5.32 Å². The third-order valence-electron chi connectivity index (χ3n) is 2.27. The SMILES string of the molecule is CC(C)NCCOCCOc1cccc(Cl)c1.O=C(O)C(=O)O. The summed E-state index contributed by atoms with van der Waals surface area (Å²) < 4.78 is 10.9. The maximum absolute atomic E-state index is 9.10. The van der Waals surface area contributed by atoms with Gasteiger partial charge in [-0.05, 0) is 18.2 Å². The van der Waals surface area contributed by atoms with Gasteiger partial charge in [-0.25, -0.2) is 9.59 Å². The number of benzene rings is 1. The molecule has 0 aromatic heterocycles. The van der Waals surface area contributed by atoms with Gasteiger partial charge in [0.2, 0.25) is 0 Å². The van der Waals surface area contributed by atoms with Gasteiger partial charge < -0.3 is 25.0 Å². The Morgan fingerprint density at radius 3 is 2.35 bits per heavy atom. The second-order valence-corrected chi connectivity index (χ2v) is 5.07. The van der Waals surface area contributed by atoms with Crippen LogP contribution in [0.2, 0.25) is 5.02 Å². The molecule has 8 heteroatoms. The number of nitrogens with one attached hydrogen (secondary N) is 1. The zero-order valence-electron chi connectivity index (χ0n) is 13.1. The summed E-state index contributed by atoms with van der Waals surface area (Å²) in [7, 11) is 0. The first-order valence-corrected chi connectivity index (χ1v) is 7.36. The van der Waals surface area contributed by atoms with Crippen molar-refractivity contribution in [2.24, 2.45) is 0 Å². The molecule has 1 rings (SSSR count). The van der Waals surface area contributed by atoms with Crippen molar-refractivity contribution in [1.29, 1.82) is 0 Å². The molecule has 0 atom stereocenters. The molecule has 7 nitrogen and oxygen atoms in total. The number of carboxylic acids is 2. The number of aliphatic carboxylic acids is 2. The summed E-state index contributed by atoms with van der Waals surface area (Å²) in [6, 6.07) is 7.86. The van der Waals surface area contributed by atoms with E-state index in [4.69, 9.17) is 40.9 Å². The van der Waals surface area contributed by atoms with E-state index in [0.29, 0.717) is 30.9 Å². The lowest BCUT2D eigenvalue weighted by atomic mass is 10.3. The Hall–Kier alpha value is -1.83. The quantitative estimate of drug-likeness (QED) is 0.487. The fourth-order valence-electron chi connectivity index (χ4n) is 1.30. The lowest BCUT2D eigenvalue weighted by Crippen LogP contribution is -2.27. The average Bonchev–Trinajstić information content (AvgIpc) is 2.46. The smallest absolute Gasteiger partial charge is 0.414 e. The third-order valence-corrected chi connectivity index (χ3v) is 2.51. The Kier molecular flexibility index (Phi) is 11.7. The lowest BCUT2D eigenvalue weighted by Gasteiger charge is -2.09. The van der Waals surface area contributed by atoms with Gasteiger partial charge in [-0.3, -0.25) is 0 Å². The molecule has 0 radical (unpaired) electrons. The highest BCUT2D eigenvalue weighted by Crippen LogP contribution is 2.16. The van der Waals surface area contributed by atoms with Gasteiger partial charge in [0.15, 0.2) is 0 Å². The van der Waals surface area contributed by atoms with Crippen LogP contribution in [0.25, 0.3) is 0 Å². The van der Waals surface area contributed by atoms with Crippen LogP contribution in [0.1, 0.15) is 13.8 Å². The second kappa shape index (κ2) is 12.7. The van der Waals surface area contributed by atoms with E-state index < -0.39 is 11.9 Å². The number of carboxylic acid groups (broad SMARTS) is 2. The summed E-state index contributed by atoms with van der Waals surface area (Å²) >= 11 is 5.84. The van der Waals surface area contributed by atoms with E-state index in [0.717, 1.165) is 12.3 Å². The summed E-state index contributed by atoms with van der Waals surface area (Å²) in [5.74, 6) is -2.87. The number of rotatable bonds is 8. The largest absolute Gasteiger partial charge is 0.491 e. The van der Waals surface area contributed by atoms with E-state index in [2.05, 4.69) is 19.2 Å². The van der Waals surface area contributed by atoms with E-state index in [1.165, 1.54) is 0 Å². The van der Waals surface area contributed by atoms with Crippen molar-refractivity contribution >= 4 is 23.5 Å². The molecule has 23 heavy (non-hydrogen) atoms. The highest BCUT2D eigenvalue weighted by Gasteiger charge is 2.04. The van der Waals surface area contributed by atoms with Crippen molar-refractivity contribution in [3.8, 4) is 5.75 Å². The maximum atomic E-state index is 9.10. The lowest BCUT2D eigenvalue weighted by molar-refractivity contribution is -0.159. The van der Waals surface area contributed by atoms with Crippen molar-refractivity contribution in [2.75, 3.05) is 26.4 Å². The standard InChI is InChI=1S/C13H20ClNO2.C2H2O4/c1-11(2)15-6-7-16-8-9-17-13-5-3-4-12(14)10-13;3-1(4)2(5)6/h3-5,10-11,15H,6-9H2,1-2H3;(H,3,4)(H,5,6). The summed E-state index contributed by atoms with van der Waals surface area (Å²) in [4.78, 5) is 18.2. The molecule has 0 saturated carbocycles. The Balaban J connectivity index is 0.000000688. The van der Waals surface area contributed by atoms with Gasteiger partial charge >= 0.3 is 11.9 Å². The minimum atomic E-state index is -1.82. The predicted molar refractivity (Wildman–Crippen MR) is 86.2 cm³/mol. The van der Waals surface area contributed by atoms with Crippen molar-refractivity contribution in [2.45, 2.75) is 19.9 Å². The molecule has 0 unspecified atom stereocenters. The van der Waals surface area contributed by atoms with Gasteiger partial charge in [0.25, 0.3) is 0 Å². The molecule has 0 aliphatic carbocycles. The van der Waals surface area contributed by atoms with Crippen molar-refractivity contribution in [3.63, 3.8) is 0 Å². The summed E-state index contributed by atoms with van der Waals surface area (Å²) in [6.45, 7) is 6.94. The number of hydrogen-bond donors (Lipinski definition) is 3. The van der Waals surface area contributed by atoms with E-state index in [1.807, 2.05) is 18.2 Å². The van der Waals surface area contributed by atoms with Gasteiger partial charge in [-0.2, -0.15) is 0 Å². The van der Waals surface area contributed by atoms with Crippen LogP contribution in [0.3, 0.4) is 0 Å². The molecule has 0 bridgehead atoms. The van der Waals surface area contributed by atoms with E-state index in [-0.39, 0.29) is 0 Å². The van der Waals surface area contributed by atoms with Crippen molar-refractivity contribution in [3.05, 3.63) is 29.3 Å². The number of halogens is 1. The molecule has 130 valence electrons. The van der Waals surface area contributed by atoms with Crippen molar-refractivity contribution < 1.29 is 29.3 Å². The highest BCUT2D eigenvalue weighted by molar-refractivity contribution is 6.30. The fraction of sp³-hybridized carbons (Fsp3) is 0.467. The van der Waals surface area contributed by atoms with Crippen LogP contribution in [0.4, 0.5) is 0 Å². The molecular formula is C15H22ClNO6. The molecular weight excluding hydrogens is 326 g/mol. The van der Waals surface area contributed by atoms with Gasteiger partial charge in [0, 0.05) is 17.6 Å². The molecule has 0 aliphatic rings. The first kappa shape index (κ1) is 21.2. The molecule has 1 aromatic rings. The van der Waals surface area contributed by atoms with Crippen LogP contribution in [-0.2, 0) is 14.3 Å². The predicted octanol–water partition coefficient (Wildman–Crippen LogP) is 1.89. The summed E-state index contributed by atoms with van der Waals surface area (Å²) in [5.41, 5.74) is 0. The number of carbonyl (C=O) groups is 2. The van der Waals surface area contributed by atoms with E-state index in [9.17, 15) is 0 Å². The Labute approximate surface area is 140 Å². The molecule has 0 fully saturated rings. The zero-order chi connectivity index (χ0) is 17.7. The molecule has 1 aromatic carbocycles. The van der Waals surface area contributed by atoms with Crippen LogP contribution in [0, 0.1) is 0 Å². The molecule has 0 heterocycles. The number of hydrogen-bond acceptors (Lipinski definition) is 5. The monoisotopic (exact) mass is 347 g/mol. The van der Waals surface area contributed by atoms with Gasteiger partial charge in [-0.1, -0.05) is 31.5 Å². The van der Waals surface area contributed by atoms with Crippen LogP contribution in [0.15, 0.2) is 24.3 Å². The zero-order valence-corrected chi connectivity index (χ0v) is 13.9. The Bertz CT molecular complexity index is 469. The fourth-order valence-corrected chi connectivity index (χ4v) is 1.48. The second-order valence-electron chi connectivity index (χ2n) is 4.64. The minimum absolute atomic E-state index is 0.501. The molecule has 0 spiro atoms. The van der Waals surface area contributed by atoms with Gasteiger partial charge in [0.05, 0.1) is 13.2 Å². The molecule has 3 N–H and O–H groups in total. The molecule has 0 amide bonds. The first-order valence-electron chi connectivity index (χ1n) is 6.98. The maximum Gasteiger partial charge on any atom is 0.414 e. The normalized spacial score (nSPS) is 9.91. The van der Waals surface area contributed by atoms with E-state index in [1.54, 1.807) is 6.07 Å². The summed E-state index contributed by atoms with van der Waals surface area (Å²) in [6.07, 6.45) is 0. The topological polar surface area (TPSA) is 105 Å². The van der Waals surface area contributed by atoms with Gasteiger partial charge in [0.1, 0.15) is 12.4 Å². The summed E-state index contributed by atoms with van der Waals surface area (Å²) in [5, 5.41) is 18.7. The first-order chi connectivity index (χ1) is 10.8. The Morgan fingerprint density at radius 2 is 1.83 bits per heavy atom. The van der Waals surface area contributed by atoms with Crippen LogP contribution in [0.5, 0.6) is 5.75 Å².